The highest BCUT2D eigenvalue weighted by atomic mass is 35.5. The maximum atomic E-state index is 13.6. The van der Waals surface area contributed by atoms with Crippen molar-refractivity contribution >= 4 is 17.4 Å². The van der Waals surface area contributed by atoms with Gasteiger partial charge < -0.3 is 0 Å². The van der Waals surface area contributed by atoms with E-state index in [9.17, 15) is 9.18 Å². The van der Waals surface area contributed by atoms with Crippen LogP contribution in [0.4, 0.5) is 4.39 Å². The molecule has 19 heavy (non-hydrogen) atoms. The van der Waals surface area contributed by atoms with Crippen molar-refractivity contribution in [2.45, 2.75) is 20.3 Å². The van der Waals surface area contributed by atoms with Gasteiger partial charge in [-0.3, -0.25) is 4.79 Å². The SMILES string of the molecule is Cc1ccc(CC(=O)c2cc(C)ccc2F)c(Cl)c1. The van der Waals surface area contributed by atoms with Gasteiger partial charge in [-0.05, 0) is 43.2 Å². The second kappa shape index (κ2) is 5.54. The van der Waals surface area contributed by atoms with Crippen molar-refractivity contribution in [1.82, 2.24) is 0 Å². The highest BCUT2D eigenvalue weighted by Gasteiger charge is 2.14. The molecule has 3 heteroatoms. The van der Waals surface area contributed by atoms with Gasteiger partial charge >= 0.3 is 0 Å². The summed E-state index contributed by atoms with van der Waals surface area (Å²) in [5, 5.41) is 0.543. The number of Topliss-reactive ketones (excluding diaryl/α,β-unsaturated/α-hetero) is 1. The first-order valence-corrected chi connectivity index (χ1v) is 6.39. The van der Waals surface area contributed by atoms with Crippen LogP contribution in [0.3, 0.4) is 0 Å². The molecular weight excluding hydrogens is 263 g/mol. The van der Waals surface area contributed by atoms with E-state index in [0.717, 1.165) is 16.7 Å². The number of ketones is 1. The highest BCUT2D eigenvalue weighted by molar-refractivity contribution is 6.31. The first-order valence-electron chi connectivity index (χ1n) is 6.02. The number of aryl methyl sites for hydroxylation is 2. The summed E-state index contributed by atoms with van der Waals surface area (Å²) in [6.45, 7) is 3.76. The molecule has 0 heterocycles. The zero-order valence-electron chi connectivity index (χ0n) is 10.8. The van der Waals surface area contributed by atoms with Crippen LogP contribution < -0.4 is 0 Å². The van der Waals surface area contributed by atoms with Crippen LogP contribution in [0.2, 0.25) is 5.02 Å². The topological polar surface area (TPSA) is 17.1 Å². The van der Waals surface area contributed by atoms with Crippen LogP contribution in [0.25, 0.3) is 0 Å². The summed E-state index contributed by atoms with van der Waals surface area (Å²) in [4.78, 5) is 12.1. The Morgan fingerprint density at radius 3 is 2.42 bits per heavy atom. The molecule has 2 aromatic carbocycles. The van der Waals surface area contributed by atoms with E-state index in [-0.39, 0.29) is 17.8 Å². The molecule has 0 atom stereocenters. The van der Waals surface area contributed by atoms with Gasteiger partial charge in [0.1, 0.15) is 5.82 Å². The molecule has 0 bridgehead atoms. The largest absolute Gasteiger partial charge is 0.294 e. The van der Waals surface area contributed by atoms with Crippen molar-refractivity contribution in [1.29, 1.82) is 0 Å². The van der Waals surface area contributed by atoms with Crippen LogP contribution in [-0.2, 0) is 6.42 Å². The van der Waals surface area contributed by atoms with E-state index >= 15 is 0 Å². The predicted molar refractivity (Wildman–Crippen MR) is 75.4 cm³/mol. The Kier molecular flexibility index (Phi) is 4.01. The molecule has 2 aromatic rings. The van der Waals surface area contributed by atoms with Crippen molar-refractivity contribution in [3.8, 4) is 0 Å². The number of hydrogen-bond acceptors (Lipinski definition) is 1. The fourth-order valence-corrected chi connectivity index (χ4v) is 2.22. The zero-order valence-corrected chi connectivity index (χ0v) is 11.6. The number of carbonyl (C=O) groups excluding carboxylic acids is 1. The van der Waals surface area contributed by atoms with Gasteiger partial charge in [-0.25, -0.2) is 4.39 Å². The fourth-order valence-electron chi connectivity index (χ4n) is 1.92. The minimum atomic E-state index is -0.487. The third-order valence-electron chi connectivity index (χ3n) is 2.98. The van der Waals surface area contributed by atoms with Crippen molar-refractivity contribution < 1.29 is 9.18 Å². The first kappa shape index (κ1) is 13.8. The van der Waals surface area contributed by atoms with Gasteiger partial charge in [0.2, 0.25) is 0 Å². The van der Waals surface area contributed by atoms with Gasteiger partial charge in [-0.15, -0.1) is 0 Å². The number of rotatable bonds is 3. The summed E-state index contributed by atoms with van der Waals surface area (Å²) < 4.78 is 13.6. The maximum absolute atomic E-state index is 13.6. The van der Waals surface area contributed by atoms with Crippen LogP contribution in [-0.4, -0.2) is 5.78 Å². The molecule has 0 aliphatic heterocycles. The van der Waals surface area contributed by atoms with Crippen molar-refractivity contribution in [3.63, 3.8) is 0 Å². The minimum absolute atomic E-state index is 0.111. The Hall–Kier alpha value is -1.67. The lowest BCUT2D eigenvalue weighted by atomic mass is 10.0. The van der Waals surface area contributed by atoms with Gasteiger partial charge in [-0.2, -0.15) is 0 Å². The van der Waals surface area contributed by atoms with E-state index in [4.69, 9.17) is 11.6 Å². The lowest BCUT2D eigenvalue weighted by Gasteiger charge is -2.06. The third-order valence-corrected chi connectivity index (χ3v) is 3.33. The van der Waals surface area contributed by atoms with Gasteiger partial charge in [-0.1, -0.05) is 35.4 Å². The molecule has 2 rings (SSSR count). The summed E-state index contributed by atoms with van der Waals surface area (Å²) in [7, 11) is 0. The molecule has 0 amide bonds. The van der Waals surface area contributed by atoms with Crippen molar-refractivity contribution in [2.24, 2.45) is 0 Å². The van der Waals surface area contributed by atoms with Gasteiger partial charge in [0, 0.05) is 11.4 Å². The number of carbonyl (C=O) groups is 1. The average Bonchev–Trinajstić information content (AvgIpc) is 2.35. The van der Waals surface area contributed by atoms with E-state index in [1.165, 1.54) is 6.07 Å². The standard InChI is InChI=1S/C16H14ClFO/c1-10-4-6-15(18)13(7-10)16(19)9-12-5-3-11(2)8-14(12)17/h3-8H,9H2,1-2H3. The van der Waals surface area contributed by atoms with Gasteiger partial charge in [0.05, 0.1) is 5.56 Å². The Labute approximate surface area is 117 Å². The lowest BCUT2D eigenvalue weighted by Crippen LogP contribution is -2.07. The molecule has 0 saturated heterocycles. The molecule has 0 saturated carbocycles. The molecular formula is C16H14ClFO. The normalized spacial score (nSPS) is 10.5. The Bertz CT molecular complexity index is 635. The van der Waals surface area contributed by atoms with Crippen LogP contribution in [0.15, 0.2) is 36.4 Å². The second-order valence-electron chi connectivity index (χ2n) is 4.68. The Morgan fingerprint density at radius 2 is 1.74 bits per heavy atom. The molecule has 0 aromatic heterocycles. The quantitative estimate of drug-likeness (QED) is 0.753. The smallest absolute Gasteiger partial charge is 0.170 e. The van der Waals surface area contributed by atoms with Crippen LogP contribution in [0.1, 0.15) is 27.0 Å². The molecule has 0 fully saturated rings. The second-order valence-corrected chi connectivity index (χ2v) is 5.09. The van der Waals surface area contributed by atoms with Crippen LogP contribution in [0, 0.1) is 19.7 Å². The first-order chi connectivity index (χ1) is 8.97. The predicted octanol–water partition coefficient (Wildman–Crippen LogP) is 4.52. The Morgan fingerprint density at radius 1 is 1.11 bits per heavy atom. The summed E-state index contributed by atoms with van der Waals surface area (Å²) >= 11 is 6.09. The number of hydrogen-bond donors (Lipinski definition) is 0. The van der Waals surface area contributed by atoms with E-state index in [2.05, 4.69) is 0 Å². The molecule has 0 N–H and O–H groups in total. The summed E-state index contributed by atoms with van der Waals surface area (Å²) in [6, 6.07) is 10.0. The van der Waals surface area contributed by atoms with Crippen LogP contribution in [0.5, 0.6) is 0 Å². The van der Waals surface area contributed by atoms with E-state index < -0.39 is 5.82 Å². The molecule has 98 valence electrons. The number of halogens is 2. The van der Waals surface area contributed by atoms with E-state index in [0.29, 0.717) is 5.02 Å². The molecule has 0 radical (unpaired) electrons. The van der Waals surface area contributed by atoms with E-state index in [1.807, 2.05) is 26.0 Å². The molecule has 0 aliphatic carbocycles. The highest BCUT2D eigenvalue weighted by Crippen LogP contribution is 2.20. The van der Waals surface area contributed by atoms with Gasteiger partial charge in [0.25, 0.3) is 0 Å². The maximum Gasteiger partial charge on any atom is 0.170 e. The summed E-state index contributed by atoms with van der Waals surface area (Å²) in [6.07, 6.45) is 0.111. The lowest BCUT2D eigenvalue weighted by molar-refractivity contribution is 0.0989. The van der Waals surface area contributed by atoms with Crippen LogP contribution >= 0.6 is 11.6 Å². The third kappa shape index (κ3) is 3.21. The molecule has 0 spiro atoms. The van der Waals surface area contributed by atoms with Crippen molar-refractivity contribution in [3.05, 3.63) is 69.5 Å². The van der Waals surface area contributed by atoms with Gasteiger partial charge in [0.15, 0.2) is 5.78 Å². The number of benzene rings is 2. The summed E-state index contributed by atoms with van der Waals surface area (Å²) in [5.74, 6) is -0.745. The summed E-state index contributed by atoms with van der Waals surface area (Å²) in [5.41, 5.74) is 2.73. The van der Waals surface area contributed by atoms with Crippen molar-refractivity contribution in [2.75, 3.05) is 0 Å². The average molecular weight is 277 g/mol. The minimum Gasteiger partial charge on any atom is -0.294 e. The fraction of sp³-hybridized carbons (Fsp3) is 0.188. The Balaban J connectivity index is 2.28. The monoisotopic (exact) mass is 276 g/mol. The van der Waals surface area contributed by atoms with E-state index in [1.54, 1.807) is 18.2 Å². The molecule has 0 unspecified atom stereocenters. The molecule has 1 nitrogen and oxygen atoms in total. The zero-order chi connectivity index (χ0) is 14.0. The molecule has 0 aliphatic rings.